The molecule has 0 N–H and O–H groups in total. The lowest BCUT2D eigenvalue weighted by Crippen LogP contribution is -2.11. The van der Waals surface area contributed by atoms with Crippen molar-refractivity contribution in [2.45, 2.75) is 50.1 Å². The van der Waals surface area contributed by atoms with Crippen LogP contribution in [0.5, 0.6) is 0 Å². The quantitative estimate of drug-likeness (QED) is 0.635. The number of furan rings is 1. The van der Waals surface area contributed by atoms with Crippen molar-refractivity contribution in [3.8, 4) is 17.5 Å². The van der Waals surface area contributed by atoms with Crippen molar-refractivity contribution in [2.24, 2.45) is 0 Å². The van der Waals surface area contributed by atoms with Gasteiger partial charge in [-0.05, 0) is 31.5 Å². The molecule has 0 aliphatic heterocycles. The highest BCUT2D eigenvalue weighted by Crippen LogP contribution is 2.39. The molecule has 0 aliphatic rings. The standard InChI is InChI=1S/C17H17F3N2OS/c1-4-5-11(3)24-16-12(9-21)13(17(18,19)20)8-14(22-16)15-7-6-10(2)23-15/h6-8,11H,4-5H2,1-3H3. The Morgan fingerprint density at radius 1 is 1.38 bits per heavy atom. The first kappa shape index (κ1) is 18.4. The van der Waals surface area contributed by atoms with Crippen LogP contribution >= 0.6 is 11.8 Å². The molecule has 1 unspecified atom stereocenters. The highest BCUT2D eigenvalue weighted by molar-refractivity contribution is 7.99. The number of rotatable bonds is 5. The summed E-state index contributed by atoms with van der Waals surface area (Å²) in [5.41, 5.74) is -1.32. The van der Waals surface area contributed by atoms with Gasteiger partial charge in [-0.1, -0.05) is 20.3 Å². The zero-order valence-electron chi connectivity index (χ0n) is 13.6. The van der Waals surface area contributed by atoms with E-state index in [0.29, 0.717) is 5.76 Å². The zero-order chi connectivity index (χ0) is 17.9. The molecule has 0 amide bonds. The second-order valence-corrected chi connectivity index (χ2v) is 6.90. The number of thioether (sulfide) groups is 1. The second kappa shape index (κ2) is 7.31. The molecule has 128 valence electrons. The first-order valence-electron chi connectivity index (χ1n) is 7.52. The summed E-state index contributed by atoms with van der Waals surface area (Å²) < 4.78 is 45.5. The largest absolute Gasteiger partial charge is 0.460 e. The third kappa shape index (κ3) is 4.12. The van der Waals surface area contributed by atoms with Crippen molar-refractivity contribution in [2.75, 3.05) is 0 Å². The van der Waals surface area contributed by atoms with Crippen molar-refractivity contribution in [1.82, 2.24) is 4.98 Å². The lowest BCUT2D eigenvalue weighted by molar-refractivity contribution is -0.138. The van der Waals surface area contributed by atoms with E-state index < -0.39 is 17.3 Å². The first-order valence-corrected chi connectivity index (χ1v) is 8.40. The average Bonchev–Trinajstić information content (AvgIpc) is 2.92. The molecule has 2 rings (SSSR count). The van der Waals surface area contributed by atoms with Crippen LogP contribution in [-0.2, 0) is 6.18 Å². The molecule has 0 aromatic carbocycles. The molecule has 0 aliphatic carbocycles. The molecular weight excluding hydrogens is 337 g/mol. The fourth-order valence-corrected chi connectivity index (χ4v) is 3.45. The van der Waals surface area contributed by atoms with E-state index in [-0.39, 0.29) is 21.7 Å². The van der Waals surface area contributed by atoms with Crippen molar-refractivity contribution in [1.29, 1.82) is 5.26 Å². The van der Waals surface area contributed by atoms with Gasteiger partial charge in [0.15, 0.2) is 5.76 Å². The van der Waals surface area contributed by atoms with E-state index in [9.17, 15) is 18.4 Å². The maximum Gasteiger partial charge on any atom is 0.417 e. The van der Waals surface area contributed by atoms with Gasteiger partial charge in [-0.15, -0.1) is 11.8 Å². The summed E-state index contributed by atoms with van der Waals surface area (Å²) >= 11 is 1.19. The Kier molecular flexibility index (Phi) is 5.60. The number of alkyl halides is 3. The van der Waals surface area contributed by atoms with Gasteiger partial charge in [-0.3, -0.25) is 0 Å². The summed E-state index contributed by atoms with van der Waals surface area (Å²) in [5, 5.41) is 9.40. The van der Waals surface area contributed by atoms with Crippen molar-refractivity contribution in [3.63, 3.8) is 0 Å². The van der Waals surface area contributed by atoms with Crippen LogP contribution in [-0.4, -0.2) is 10.2 Å². The molecule has 0 spiro atoms. The summed E-state index contributed by atoms with van der Waals surface area (Å²) in [6, 6.07) is 5.79. The van der Waals surface area contributed by atoms with Crippen molar-refractivity contribution < 1.29 is 17.6 Å². The normalized spacial score (nSPS) is 12.9. The Hall–Kier alpha value is -1.94. The third-order valence-electron chi connectivity index (χ3n) is 3.40. The summed E-state index contributed by atoms with van der Waals surface area (Å²) in [5.74, 6) is 0.839. The fraction of sp³-hybridized carbons (Fsp3) is 0.412. The number of halogens is 3. The van der Waals surface area contributed by atoms with Crippen LogP contribution in [0.2, 0.25) is 0 Å². The molecule has 0 saturated carbocycles. The molecule has 0 bridgehead atoms. The SMILES string of the molecule is CCCC(C)Sc1nc(-c2ccc(C)o2)cc(C(F)(F)F)c1C#N. The van der Waals surface area contributed by atoms with Gasteiger partial charge < -0.3 is 4.42 Å². The number of nitrogens with zero attached hydrogens (tertiary/aromatic N) is 2. The molecule has 7 heteroatoms. The molecule has 2 heterocycles. The third-order valence-corrected chi connectivity index (χ3v) is 4.56. The van der Waals surface area contributed by atoms with Gasteiger partial charge in [0.25, 0.3) is 0 Å². The van der Waals surface area contributed by atoms with Gasteiger partial charge in [-0.2, -0.15) is 18.4 Å². The Morgan fingerprint density at radius 3 is 2.58 bits per heavy atom. The van der Waals surface area contributed by atoms with Crippen LogP contribution in [0, 0.1) is 18.3 Å². The van der Waals surface area contributed by atoms with E-state index in [0.717, 1.165) is 18.9 Å². The Balaban J connectivity index is 2.60. The summed E-state index contributed by atoms with van der Waals surface area (Å²) in [6.07, 6.45) is -2.91. The van der Waals surface area contributed by atoms with E-state index in [2.05, 4.69) is 4.98 Å². The number of hydrogen-bond donors (Lipinski definition) is 0. The summed E-state index contributed by atoms with van der Waals surface area (Å²) in [6.45, 7) is 5.61. The number of aryl methyl sites for hydroxylation is 1. The van der Waals surface area contributed by atoms with E-state index >= 15 is 0 Å². The van der Waals surface area contributed by atoms with Crippen LogP contribution in [0.3, 0.4) is 0 Å². The van der Waals surface area contributed by atoms with Crippen molar-refractivity contribution >= 4 is 11.8 Å². The lowest BCUT2D eigenvalue weighted by Gasteiger charge is -2.15. The molecule has 0 saturated heterocycles. The predicted octanol–water partition coefficient (Wildman–Crippen LogP) is 5.82. The molecular formula is C17H17F3N2OS. The van der Waals surface area contributed by atoms with Gasteiger partial charge in [0.05, 0.1) is 11.1 Å². The van der Waals surface area contributed by atoms with E-state index in [1.165, 1.54) is 11.8 Å². The Morgan fingerprint density at radius 2 is 2.08 bits per heavy atom. The Bertz CT molecular complexity index is 762. The summed E-state index contributed by atoms with van der Waals surface area (Å²) in [4.78, 5) is 4.27. The number of hydrogen-bond acceptors (Lipinski definition) is 4. The Labute approximate surface area is 142 Å². The average molecular weight is 354 g/mol. The first-order chi connectivity index (χ1) is 11.3. The van der Waals surface area contributed by atoms with E-state index in [1.807, 2.05) is 13.8 Å². The number of aromatic nitrogens is 1. The van der Waals surface area contributed by atoms with Crippen LogP contribution in [0.15, 0.2) is 27.6 Å². The molecule has 1 atom stereocenters. The molecule has 0 radical (unpaired) electrons. The zero-order valence-corrected chi connectivity index (χ0v) is 14.4. The number of nitriles is 1. The van der Waals surface area contributed by atoms with Gasteiger partial charge in [0.2, 0.25) is 0 Å². The predicted molar refractivity (Wildman–Crippen MR) is 86.6 cm³/mol. The minimum Gasteiger partial charge on any atom is -0.460 e. The minimum atomic E-state index is -4.63. The fourth-order valence-electron chi connectivity index (χ4n) is 2.29. The second-order valence-electron chi connectivity index (χ2n) is 5.47. The van der Waals surface area contributed by atoms with E-state index in [1.54, 1.807) is 25.1 Å². The van der Waals surface area contributed by atoms with Crippen LogP contribution in [0.4, 0.5) is 13.2 Å². The molecule has 24 heavy (non-hydrogen) atoms. The van der Waals surface area contributed by atoms with Gasteiger partial charge in [-0.25, -0.2) is 4.98 Å². The van der Waals surface area contributed by atoms with Gasteiger partial charge >= 0.3 is 6.18 Å². The molecule has 2 aromatic rings. The topological polar surface area (TPSA) is 49.8 Å². The van der Waals surface area contributed by atoms with E-state index in [4.69, 9.17) is 4.42 Å². The van der Waals surface area contributed by atoms with Gasteiger partial charge in [0, 0.05) is 5.25 Å². The van der Waals surface area contributed by atoms with Crippen molar-refractivity contribution in [3.05, 3.63) is 35.1 Å². The van der Waals surface area contributed by atoms with Crippen LogP contribution < -0.4 is 0 Å². The molecule has 3 nitrogen and oxygen atoms in total. The minimum absolute atomic E-state index is 0.0595. The monoisotopic (exact) mass is 354 g/mol. The number of pyridine rings is 1. The highest BCUT2D eigenvalue weighted by atomic mass is 32.2. The van der Waals surface area contributed by atoms with Gasteiger partial charge in [0.1, 0.15) is 22.5 Å². The molecule has 0 fully saturated rings. The highest BCUT2D eigenvalue weighted by Gasteiger charge is 2.36. The maximum absolute atomic E-state index is 13.4. The van der Waals surface area contributed by atoms with Crippen LogP contribution in [0.25, 0.3) is 11.5 Å². The smallest absolute Gasteiger partial charge is 0.417 e. The lowest BCUT2D eigenvalue weighted by atomic mass is 10.1. The van der Waals surface area contributed by atoms with Crippen LogP contribution in [0.1, 0.15) is 43.6 Å². The molecule has 2 aromatic heterocycles. The summed E-state index contributed by atoms with van der Waals surface area (Å²) in [7, 11) is 0. The maximum atomic E-state index is 13.4.